The number of hydrogen-bond donors (Lipinski definition) is 0. The van der Waals surface area contributed by atoms with Crippen molar-refractivity contribution in [2.24, 2.45) is 0 Å². The van der Waals surface area contributed by atoms with E-state index in [1.165, 1.54) is 0 Å². The smallest absolute Gasteiger partial charge is 0.268 e. The first-order valence-electron chi connectivity index (χ1n) is 42.3. The molecule has 7 heteroatoms. The second kappa shape index (κ2) is 22.0. The van der Waals surface area contributed by atoms with E-state index >= 15 is 0 Å². The minimum Gasteiger partial charge on any atom is -0.510 e. The monoisotopic (exact) mass is 1460 g/mol. The van der Waals surface area contributed by atoms with Crippen molar-refractivity contribution in [3.63, 3.8) is 0 Å². The average molecular weight is 1470 g/mol. The van der Waals surface area contributed by atoms with Crippen LogP contribution in [0.1, 0.15) is 182 Å². The molecule has 0 bridgehead atoms. The van der Waals surface area contributed by atoms with Crippen LogP contribution in [0, 0.1) is 18.5 Å². The number of benzene rings is 10. The molecule has 0 N–H and O–H groups in total. The van der Waals surface area contributed by atoms with Crippen molar-refractivity contribution < 1.29 is 60.8 Å². The maximum absolute atomic E-state index is 10.7. The van der Waals surface area contributed by atoms with Gasteiger partial charge in [0.1, 0.15) is 17.0 Å². The molecule has 0 amide bonds. The third-order valence-corrected chi connectivity index (χ3v) is 20.3. The zero-order valence-corrected chi connectivity index (χ0v) is 57.9. The first kappa shape index (κ1) is 44.7. The van der Waals surface area contributed by atoms with E-state index in [1.807, 2.05) is 108 Å². The van der Waals surface area contributed by atoms with E-state index in [2.05, 4.69) is 129 Å². The van der Waals surface area contributed by atoms with Crippen LogP contribution in [0.4, 0.5) is 0 Å². The number of furan rings is 1. The van der Waals surface area contributed by atoms with Crippen LogP contribution in [0.2, 0.25) is 0 Å². The maximum Gasteiger partial charge on any atom is 0.268 e. The topological polar surface area (TPSA) is 49.0 Å². The molecule has 97 heavy (non-hydrogen) atoms. The van der Waals surface area contributed by atoms with Crippen LogP contribution in [0.5, 0.6) is 11.5 Å². The summed E-state index contributed by atoms with van der Waals surface area (Å²) in [7, 11) is 0. The first-order chi connectivity index (χ1) is 53.6. The predicted octanol–water partition coefficient (Wildman–Crippen LogP) is 23.4. The Balaban J connectivity index is 0.0000101. The van der Waals surface area contributed by atoms with Gasteiger partial charge in [-0.05, 0) is 207 Å². The van der Waals surface area contributed by atoms with Gasteiger partial charge in [-0.3, -0.25) is 4.57 Å². The van der Waals surface area contributed by atoms with Crippen LogP contribution in [-0.4, -0.2) is 14.1 Å². The number of nitrogens with zero attached hydrogens (tertiary/aromatic N) is 4. The summed E-state index contributed by atoms with van der Waals surface area (Å²) in [4.78, 5) is 4.90. The van der Waals surface area contributed by atoms with E-state index < -0.39 is 91.2 Å². The predicted molar refractivity (Wildman–Crippen MR) is 396 cm³/mol. The van der Waals surface area contributed by atoms with E-state index in [0.29, 0.717) is 56.1 Å². The van der Waals surface area contributed by atoms with Gasteiger partial charge in [0.15, 0.2) is 0 Å². The van der Waals surface area contributed by atoms with Gasteiger partial charge < -0.3 is 18.3 Å². The van der Waals surface area contributed by atoms with Crippen molar-refractivity contribution in [3.8, 4) is 84.3 Å². The summed E-state index contributed by atoms with van der Waals surface area (Å²) in [6, 6.07) is 58.4. The molecule has 6 nitrogen and oxygen atoms in total. The summed E-state index contributed by atoms with van der Waals surface area (Å²) in [6.45, 7) is 4.90. The Morgan fingerprint density at radius 1 is 0.526 bits per heavy atom. The molecule has 1 aliphatic heterocycles. The van der Waals surface area contributed by atoms with Crippen molar-refractivity contribution >= 4 is 54.8 Å². The average Bonchev–Trinajstić information content (AvgIpc) is 0.816. The Morgan fingerprint density at radius 2 is 1.19 bits per heavy atom. The molecule has 0 radical (unpaired) electrons. The van der Waals surface area contributed by atoms with Crippen LogP contribution in [0.15, 0.2) is 199 Å². The Morgan fingerprint density at radius 3 is 1.93 bits per heavy atom. The van der Waals surface area contributed by atoms with Crippen molar-refractivity contribution in [2.45, 2.75) is 155 Å². The zero-order chi connectivity index (χ0) is 82.5. The fourth-order valence-corrected chi connectivity index (χ4v) is 14.9. The molecule has 10 aromatic carbocycles. The summed E-state index contributed by atoms with van der Waals surface area (Å²) in [5, 5.41) is 3.60. The largest absolute Gasteiger partial charge is 0.510 e. The van der Waals surface area contributed by atoms with E-state index in [4.69, 9.17) is 22.4 Å². The first-order valence-corrected chi connectivity index (χ1v) is 32.8. The molecular weight excluding hydrogens is 1360 g/mol. The van der Waals surface area contributed by atoms with Gasteiger partial charge in [-0.1, -0.05) is 211 Å². The third kappa shape index (κ3) is 10.1. The van der Waals surface area contributed by atoms with Crippen LogP contribution >= 0.6 is 0 Å². The van der Waals surface area contributed by atoms with Gasteiger partial charge in [0.05, 0.1) is 20.8 Å². The summed E-state index contributed by atoms with van der Waals surface area (Å²) in [6.07, 6.45) is -1.69. The van der Waals surface area contributed by atoms with Gasteiger partial charge in [-0.25, -0.2) is 4.98 Å². The van der Waals surface area contributed by atoms with Crippen LogP contribution < -0.4 is 9.30 Å². The molecule has 0 saturated carbocycles. The molecular formula is C90H82N4O2Pt-2. The Labute approximate surface area is 612 Å². The number of fused-ring (bicyclic) bond motifs is 15. The molecule has 486 valence electrons. The van der Waals surface area contributed by atoms with E-state index in [9.17, 15) is 17.8 Å². The molecule has 4 aromatic heterocycles. The number of pyridine rings is 1. The molecule has 0 unspecified atom stereocenters. The van der Waals surface area contributed by atoms with Gasteiger partial charge in [0.2, 0.25) is 0 Å². The quantitative estimate of drug-likeness (QED) is 0.123. The van der Waals surface area contributed by atoms with E-state index in [1.54, 1.807) is 41.1 Å². The number of para-hydroxylation sites is 2. The Bertz CT molecular complexity index is 6470. The second-order valence-electron chi connectivity index (χ2n) is 29.7. The molecule has 17 rings (SSSR count). The fraction of sp³-hybridized carbons (Fsp3) is 0.267. The van der Waals surface area contributed by atoms with Gasteiger partial charge in [-0.2, -0.15) is 18.2 Å². The number of aromatic nitrogens is 4. The minimum atomic E-state index is -4.56. The number of rotatable bonds is 6. The standard InChI is InChI=1S/C90H82N4O2.Pt/c1-85(2,3)57-36-41-91-82(48-57)94-77-28-19-17-26-64(77)65-33-32-61(50-78(65)94)95-60-23-21-22-59(49-60)92-53-93-83-67(55-31-35-81-70(42-55)66-27-18-20-29-80(66)96-81)46-58(86(4,5)6)47-72(83)69-52-76-75(89(11,12)39-40-90(76,13)14)51-68(69)62-24-15-16-25-63(62)71-43-56(45-79(92)84(71)93)54-30-34-73-74(44-54)88(9,10)38-37-87(73,7)8;/h15-36,41-48,51-52H,37-40H2,1-14H3;/q-2;/i7D3,8D3,9D3,10D3,30D,34D,37D2,38D2,44D;. The molecule has 14 aromatic rings. The normalized spacial score (nSPS) is 20.2. The molecule has 3 aliphatic rings. The molecule has 0 atom stereocenters. The van der Waals surface area contributed by atoms with E-state index in [0.717, 1.165) is 90.0 Å². The maximum atomic E-state index is 10.7. The van der Waals surface area contributed by atoms with Crippen molar-refractivity contribution in [3.05, 3.63) is 246 Å². The van der Waals surface area contributed by atoms with Gasteiger partial charge in [0.25, 0.3) is 6.33 Å². The van der Waals surface area contributed by atoms with Crippen molar-refractivity contribution in [2.75, 3.05) is 0 Å². The van der Waals surface area contributed by atoms with Crippen LogP contribution in [-0.2, 0) is 53.6 Å². The van der Waals surface area contributed by atoms with Gasteiger partial charge in [0, 0.05) is 77.0 Å². The number of hydrogen-bond acceptors (Lipinski definition) is 3. The minimum absolute atomic E-state index is 0. The van der Waals surface area contributed by atoms with Gasteiger partial charge >= 0.3 is 0 Å². The Kier molecular flexibility index (Phi) is 10.1. The van der Waals surface area contributed by atoms with Crippen molar-refractivity contribution in [1.82, 2.24) is 14.1 Å². The summed E-state index contributed by atoms with van der Waals surface area (Å²) in [5.74, 6) is 1.20. The zero-order valence-electron chi connectivity index (χ0n) is 74.6. The molecule has 5 heterocycles. The van der Waals surface area contributed by atoms with Gasteiger partial charge in [-0.15, -0.1) is 29.7 Å². The third-order valence-electron chi connectivity index (χ3n) is 20.3. The molecule has 0 saturated heterocycles. The molecule has 0 spiro atoms. The molecule has 0 fully saturated rings. The number of imidazole rings is 1. The fourth-order valence-electron chi connectivity index (χ4n) is 14.9. The summed E-state index contributed by atoms with van der Waals surface area (Å²) < 4.78 is 199. The summed E-state index contributed by atoms with van der Waals surface area (Å²) in [5.41, 5.74) is 0.413. The van der Waals surface area contributed by atoms with Crippen molar-refractivity contribution in [1.29, 1.82) is 0 Å². The summed E-state index contributed by atoms with van der Waals surface area (Å²) >= 11 is 0. The second-order valence-corrected chi connectivity index (χ2v) is 29.7. The van der Waals surface area contributed by atoms with Crippen LogP contribution in [0.25, 0.3) is 128 Å². The van der Waals surface area contributed by atoms with E-state index in [-0.39, 0.29) is 59.8 Å². The Hall–Kier alpha value is -9.09. The number of ether oxygens (including phenoxy) is 1. The van der Waals surface area contributed by atoms with Crippen LogP contribution in [0.3, 0.4) is 0 Å². The molecule has 2 aliphatic carbocycles. The SMILES string of the molecule is [2H]c1c([2H])c2c(c([2H])c1-c1cc3c4c(c1)n(-c1[c-]c(Oc5[c-]c6c(cc5)c5ccccc5n6-c5cc(C(C)(C)C)ccn5)ccc1)[c-][n+]4-c1c(-c4ccc5oc6ccccc6c5c4)cc(C(C)(C)C)cc1-c1cc4c(cc1-c1ccccc1-3)C(C)(C)CCC4(C)C)C(C([2H])([2H])[2H])(C([2H])([2H])[2H])C([2H])([2H])C([2H])([2H])C2(C([2H])([2H])[2H])C([2H])([2H])[2H].[Pt].